The first-order valence-corrected chi connectivity index (χ1v) is 7.48. The molecule has 20 heavy (non-hydrogen) atoms. The summed E-state index contributed by atoms with van der Waals surface area (Å²) >= 11 is 0. The second-order valence-corrected chi connectivity index (χ2v) is 7.07. The molecule has 1 N–H and O–H groups in total. The fourth-order valence-electron chi connectivity index (χ4n) is 1.97. The quantitative estimate of drug-likeness (QED) is 0.910. The smallest absolute Gasteiger partial charge is 0.270 e. The maximum Gasteiger partial charge on any atom is 0.270 e. The van der Waals surface area contributed by atoms with E-state index in [4.69, 9.17) is 4.74 Å². The van der Waals surface area contributed by atoms with Crippen molar-refractivity contribution in [3.63, 3.8) is 0 Å². The summed E-state index contributed by atoms with van der Waals surface area (Å²) in [6.45, 7) is 5.09. The fraction of sp³-hybridized carbons (Fsp3) is 0.455. The summed E-state index contributed by atoms with van der Waals surface area (Å²) in [6.07, 6.45) is 2.56. The average molecular weight is 298 g/mol. The molecule has 2 aromatic heterocycles. The van der Waals surface area contributed by atoms with Gasteiger partial charge in [0.05, 0.1) is 19.3 Å². The molecule has 1 aliphatic heterocycles. The molecule has 0 atom stereocenters. The Morgan fingerprint density at radius 2 is 2.25 bits per heavy atom. The van der Waals surface area contributed by atoms with Gasteiger partial charge in [0, 0.05) is 11.5 Å². The van der Waals surface area contributed by atoms with Gasteiger partial charge in [0.15, 0.2) is 10.7 Å². The zero-order chi connectivity index (χ0) is 14.4. The minimum absolute atomic E-state index is 0.00370. The number of nitrogens with zero attached hydrogens (tertiary/aromatic N) is 3. The lowest BCUT2D eigenvalue weighted by molar-refractivity contribution is 0.0971. The van der Waals surface area contributed by atoms with Gasteiger partial charge in [-0.05, 0) is 0 Å². The van der Waals surface area contributed by atoms with Crippen LogP contribution in [-0.2, 0) is 16.6 Å². The van der Waals surface area contributed by atoms with Crippen molar-refractivity contribution in [1.29, 1.82) is 0 Å². The van der Waals surface area contributed by atoms with E-state index in [0.717, 1.165) is 0 Å². The van der Waals surface area contributed by atoms with E-state index < -0.39 is 10.0 Å². The normalized spacial score (nSPS) is 17.3. The van der Waals surface area contributed by atoms with Gasteiger partial charge in [-0.2, -0.15) is 5.10 Å². The molecule has 0 saturated carbocycles. The highest BCUT2D eigenvalue weighted by Gasteiger charge is 2.33. The van der Waals surface area contributed by atoms with Crippen molar-refractivity contribution >= 4 is 15.8 Å². The van der Waals surface area contributed by atoms with Crippen molar-refractivity contribution in [2.75, 3.05) is 11.3 Å². The Kier molecular flexibility index (Phi) is 2.75. The Hall–Kier alpha value is -2.03. The van der Waals surface area contributed by atoms with E-state index in [9.17, 15) is 8.42 Å². The topological polar surface area (TPSA) is 99.2 Å². The Morgan fingerprint density at radius 3 is 2.95 bits per heavy atom. The predicted molar refractivity (Wildman–Crippen MR) is 68.8 cm³/mol. The largest absolute Gasteiger partial charge is 0.476 e. The molecular weight excluding hydrogens is 284 g/mol. The van der Waals surface area contributed by atoms with Crippen LogP contribution in [0.25, 0.3) is 0 Å². The van der Waals surface area contributed by atoms with E-state index in [1.807, 2.05) is 13.8 Å². The Balaban J connectivity index is 1.94. The number of sulfonamides is 1. The molecule has 2 aromatic rings. The van der Waals surface area contributed by atoms with Gasteiger partial charge in [0.25, 0.3) is 10.0 Å². The van der Waals surface area contributed by atoms with Gasteiger partial charge in [-0.3, -0.25) is 4.72 Å². The van der Waals surface area contributed by atoms with Crippen LogP contribution in [0.5, 0.6) is 5.88 Å². The van der Waals surface area contributed by atoms with Crippen molar-refractivity contribution in [2.24, 2.45) is 5.41 Å². The molecule has 9 heteroatoms. The van der Waals surface area contributed by atoms with Crippen molar-refractivity contribution in [1.82, 2.24) is 14.9 Å². The molecule has 0 unspecified atom stereocenters. The SMILES string of the molecule is CC1(C)COc2c(S(=O)(=O)Nc3ccon3)cnn2C1. The van der Waals surface area contributed by atoms with Gasteiger partial charge in [-0.15, -0.1) is 0 Å². The fourth-order valence-corrected chi connectivity index (χ4v) is 3.04. The summed E-state index contributed by atoms with van der Waals surface area (Å²) in [6, 6.07) is 1.41. The van der Waals surface area contributed by atoms with Gasteiger partial charge in [0.1, 0.15) is 6.26 Å². The summed E-state index contributed by atoms with van der Waals surface area (Å²) in [7, 11) is -3.80. The lowest BCUT2D eigenvalue weighted by Crippen LogP contribution is -2.33. The van der Waals surface area contributed by atoms with Crippen molar-refractivity contribution in [3.8, 4) is 5.88 Å². The van der Waals surface area contributed by atoms with E-state index in [2.05, 4.69) is 19.5 Å². The van der Waals surface area contributed by atoms with Crippen molar-refractivity contribution < 1.29 is 17.7 Å². The van der Waals surface area contributed by atoms with Crippen LogP contribution >= 0.6 is 0 Å². The standard InChI is InChI=1S/C11H14N4O4S/c1-11(2)6-15-10(18-7-11)8(5-12-15)20(16,17)14-9-3-4-19-13-9/h3-5H,6-7H2,1-2H3,(H,13,14). The van der Waals surface area contributed by atoms with E-state index in [1.165, 1.54) is 18.5 Å². The van der Waals surface area contributed by atoms with Gasteiger partial charge >= 0.3 is 0 Å². The first kappa shape index (κ1) is 13.0. The zero-order valence-corrected chi connectivity index (χ0v) is 11.8. The minimum atomic E-state index is -3.80. The van der Waals surface area contributed by atoms with Crippen LogP contribution in [0.15, 0.2) is 27.9 Å². The highest BCUT2D eigenvalue weighted by molar-refractivity contribution is 7.92. The molecule has 0 aromatic carbocycles. The second-order valence-electron chi connectivity index (χ2n) is 5.41. The van der Waals surface area contributed by atoms with Crippen LogP contribution in [0.1, 0.15) is 13.8 Å². The number of fused-ring (bicyclic) bond motifs is 1. The molecule has 0 fully saturated rings. The highest BCUT2D eigenvalue weighted by Crippen LogP contribution is 2.33. The summed E-state index contributed by atoms with van der Waals surface area (Å²) < 4.78 is 38.5. The molecule has 8 nitrogen and oxygen atoms in total. The molecule has 0 radical (unpaired) electrons. The number of anilines is 1. The van der Waals surface area contributed by atoms with Crippen molar-refractivity contribution in [2.45, 2.75) is 25.3 Å². The van der Waals surface area contributed by atoms with Crippen LogP contribution in [-0.4, -0.2) is 30.0 Å². The predicted octanol–water partition coefficient (Wildman–Crippen LogP) is 1.09. The van der Waals surface area contributed by atoms with Crippen LogP contribution in [0.2, 0.25) is 0 Å². The Morgan fingerprint density at radius 1 is 1.45 bits per heavy atom. The lowest BCUT2D eigenvalue weighted by atomic mass is 9.94. The molecular formula is C11H14N4O4S. The molecule has 0 bridgehead atoms. The maximum absolute atomic E-state index is 12.3. The van der Waals surface area contributed by atoms with Crippen LogP contribution < -0.4 is 9.46 Å². The van der Waals surface area contributed by atoms with E-state index in [-0.39, 0.29) is 22.0 Å². The van der Waals surface area contributed by atoms with E-state index >= 15 is 0 Å². The van der Waals surface area contributed by atoms with Gasteiger partial charge in [0.2, 0.25) is 5.88 Å². The zero-order valence-electron chi connectivity index (χ0n) is 11.0. The van der Waals surface area contributed by atoms with E-state index in [1.54, 1.807) is 4.68 Å². The molecule has 0 amide bonds. The molecule has 0 saturated heterocycles. The average Bonchev–Trinajstić information content (AvgIpc) is 2.95. The molecule has 1 aliphatic rings. The third kappa shape index (κ3) is 2.24. The number of rotatable bonds is 3. The first-order valence-electron chi connectivity index (χ1n) is 5.99. The first-order chi connectivity index (χ1) is 9.37. The highest BCUT2D eigenvalue weighted by atomic mass is 32.2. The maximum atomic E-state index is 12.3. The Bertz CT molecular complexity index is 718. The number of ether oxygens (including phenoxy) is 1. The summed E-state index contributed by atoms with van der Waals surface area (Å²) in [4.78, 5) is -0.00370. The molecule has 3 heterocycles. The molecule has 0 spiro atoms. The molecule has 108 valence electrons. The number of nitrogens with one attached hydrogen (secondary N) is 1. The van der Waals surface area contributed by atoms with Crippen LogP contribution in [0, 0.1) is 5.41 Å². The second kappa shape index (κ2) is 4.23. The van der Waals surface area contributed by atoms with E-state index in [0.29, 0.717) is 13.2 Å². The van der Waals surface area contributed by atoms with Gasteiger partial charge in [-0.25, -0.2) is 13.1 Å². The molecule has 0 aliphatic carbocycles. The van der Waals surface area contributed by atoms with Gasteiger partial charge < -0.3 is 9.26 Å². The minimum Gasteiger partial charge on any atom is -0.476 e. The third-order valence-corrected chi connectivity index (χ3v) is 4.24. The monoisotopic (exact) mass is 298 g/mol. The number of hydrogen-bond acceptors (Lipinski definition) is 6. The number of hydrogen-bond donors (Lipinski definition) is 1. The summed E-state index contributed by atoms with van der Waals surface area (Å²) in [5.41, 5.74) is -0.0837. The Labute approximate surface area is 115 Å². The van der Waals surface area contributed by atoms with Crippen LogP contribution in [0.3, 0.4) is 0 Å². The summed E-state index contributed by atoms with van der Waals surface area (Å²) in [5.74, 6) is 0.362. The molecule has 3 rings (SSSR count). The lowest BCUT2D eigenvalue weighted by Gasteiger charge is -2.30. The van der Waals surface area contributed by atoms with Crippen molar-refractivity contribution in [3.05, 3.63) is 18.5 Å². The number of aromatic nitrogens is 3. The van der Waals surface area contributed by atoms with Gasteiger partial charge in [-0.1, -0.05) is 19.0 Å². The third-order valence-electron chi connectivity index (χ3n) is 2.90. The summed E-state index contributed by atoms with van der Waals surface area (Å²) in [5, 5.41) is 7.59. The van der Waals surface area contributed by atoms with Crippen LogP contribution in [0.4, 0.5) is 5.82 Å².